The highest BCUT2D eigenvalue weighted by Crippen LogP contribution is 2.10. The van der Waals surface area contributed by atoms with Gasteiger partial charge in [-0.25, -0.2) is 4.79 Å². The van der Waals surface area contributed by atoms with Crippen LogP contribution in [0.5, 0.6) is 0 Å². The molecule has 2 aromatic carbocycles. The van der Waals surface area contributed by atoms with Gasteiger partial charge in [-0.15, -0.1) is 0 Å². The summed E-state index contributed by atoms with van der Waals surface area (Å²) in [7, 11) is 0. The maximum absolute atomic E-state index is 11.9. The fourth-order valence-electron chi connectivity index (χ4n) is 2.46. The second-order valence-electron chi connectivity index (χ2n) is 5.98. The van der Waals surface area contributed by atoms with Crippen molar-refractivity contribution in [2.75, 3.05) is 11.9 Å². The minimum Gasteiger partial charge on any atom is -0.478 e. The zero-order chi connectivity index (χ0) is 18.9. The molecule has 136 valence electrons. The molecule has 6 nitrogen and oxygen atoms in total. The Kier molecular flexibility index (Phi) is 6.91. The predicted molar refractivity (Wildman–Crippen MR) is 99.2 cm³/mol. The summed E-state index contributed by atoms with van der Waals surface area (Å²) in [5.41, 5.74) is 2.99. The third-order valence-electron chi connectivity index (χ3n) is 3.85. The first-order valence-electron chi connectivity index (χ1n) is 8.39. The van der Waals surface area contributed by atoms with Crippen molar-refractivity contribution in [2.24, 2.45) is 0 Å². The van der Waals surface area contributed by atoms with Crippen LogP contribution in [-0.4, -0.2) is 29.4 Å². The van der Waals surface area contributed by atoms with E-state index in [1.165, 1.54) is 6.92 Å². The van der Waals surface area contributed by atoms with E-state index < -0.39 is 5.97 Å². The van der Waals surface area contributed by atoms with Gasteiger partial charge in [-0.3, -0.25) is 9.59 Å². The molecule has 0 bridgehead atoms. The summed E-state index contributed by atoms with van der Waals surface area (Å²) in [5, 5.41) is 14.4. The van der Waals surface area contributed by atoms with E-state index in [0.717, 1.165) is 16.8 Å². The number of rotatable bonds is 8. The van der Waals surface area contributed by atoms with E-state index in [1.54, 1.807) is 24.3 Å². The van der Waals surface area contributed by atoms with Crippen LogP contribution in [0.25, 0.3) is 0 Å². The van der Waals surface area contributed by atoms with Crippen molar-refractivity contribution < 1.29 is 19.5 Å². The standard InChI is InChI=1S/C20H22N2O4/c1-14(23)22-18-9-4-16(5-10-18)12-13-21-19(24)11-6-15-2-7-17(8-3-15)20(25)26/h2-5,7-10H,6,11-13H2,1H3,(H,21,24)(H,22,23)(H,25,26). The van der Waals surface area contributed by atoms with E-state index in [0.29, 0.717) is 25.8 Å². The van der Waals surface area contributed by atoms with Gasteiger partial charge in [0.25, 0.3) is 0 Å². The van der Waals surface area contributed by atoms with E-state index in [4.69, 9.17) is 5.11 Å². The lowest BCUT2D eigenvalue weighted by molar-refractivity contribution is -0.121. The summed E-state index contributed by atoms with van der Waals surface area (Å²) in [6.07, 6.45) is 1.63. The quantitative estimate of drug-likeness (QED) is 0.679. The van der Waals surface area contributed by atoms with Crippen molar-refractivity contribution in [3.63, 3.8) is 0 Å². The van der Waals surface area contributed by atoms with E-state index in [9.17, 15) is 14.4 Å². The Hall–Kier alpha value is -3.15. The summed E-state index contributed by atoms with van der Waals surface area (Å²) >= 11 is 0. The number of aromatic carboxylic acids is 1. The topological polar surface area (TPSA) is 95.5 Å². The van der Waals surface area contributed by atoms with Crippen molar-refractivity contribution in [3.05, 3.63) is 65.2 Å². The Morgan fingerprint density at radius 2 is 1.46 bits per heavy atom. The molecule has 0 saturated heterocycles. The fourth-order valence-corrected chi connectivity index (χ4v) is 2.46. The normalized spacial score (nSPS) is 10.2. The molecule has 0 aliphatic heterocycles. The molecule has 0 aliphatic rings. The van der Waals surface area contributed by atoms with Gasteiger partial charge in [-0.05, 0) is 48.2 Å². The largest absolute Gasteiger partial charge is 0.478 e. The first-order chi connectivity index (χ1) is 12.4. The number of hydrogen-bond donors (Lipinski definition) is 3. The molecule has 0 heterocycles. The molecular weight excluding hydrogens is 332 g/mol. The molecule has 26 heavy (non-hydrogen) atoms. The lowest BCUT2D eigenvalue weighted by Crippen LogP contribution is -2.25. The Labute approximate surface area is 152 Å². The second kappa shape index (κ2) is 9.36. The number of carboxylic acid groups (broad SMARTS) is 1. The highest BCUT2D eigenvalue weighted by molar-refractivity contribution is 5.88. The summed E-state index contributed by atoms with van der Waals surface area (Å²) in [5.74, 6) is -1.11. The maximum Gasteiger partial charge on any atom is 0.335 e. The van der Waals surface area contributed by atoms with Crippen molar-refractivity contribution in [2.45, 2.75) is 26.2 Å². The lowest BCUT2D eigenvalue weighted by atomic mass is 10.1. The molecule has 2 aromatic rings. The van der Waals surface area contributed by atoms with Crippen LogP contribution in [0, 0.1) is 0 Å². The van der Waals surface area contributed by atoms with Crippen molar-refractivity contribution >= 4 is 23.5 Å². The zero-order valence-electron chi connectivity index (χ0n) is 14.6. The molecule has 0 spiro atoms. The predicted octanol–water partition coefficient (Wildman–Crippen LogP) is 2.63. The molecule has 2 amide bonds. The molecule has 0 fully saturated rings. The highest BCUT2D eigenvalue weighted by Gasteiger charge is 2.05. The number of nitrogens with one attached hydrogen (secondary N) is 2. The summed E-state index contributed by atoms with van der Waals surface area (Å²) in [4.78, 5) is 33.7. The molecule has 6 heteroatoms. The van der Waals surface area contributed by atoms with Gasteiger partial charge >= 0.3 is 5.97 Å². The van der Waals surface area contributed by atoms with Crippen LogP contribution in [0.2, 0.25) is 0 Å². The van der Waals surface area contributed by atoms with Crippen LogP contribution in [0.4, 0.5) is 5.69 Å². The maximum atomic E-state index is 11.9. The van der Waals surface area contributed by atoms with Crippen LogP contribution in [0.15, 0.2) is 48.5 Å². The van der Waals surface area contributed by atoms with Crippen LogP contribution < -0.4 is 10.6 Å². The lowest BCUT2D eigenvalue weighted by Gasteiger charge is -2.07. The Morgan fingerprint density at radius 1 is 0.885 bits per heavy atom. The fraction of sp³-hybridized carbons (Fsp3) is 0.250. The summed E-state index contributed by atoms with van der Waals surface area (Å²) < 4.78 is 0. The van der Waals surface area contributed by atoms with Crippen LogP contribution in [-0.2, 0) is 22.4 Å². The monoisotopic (exact) mass is 354 g/mol. The number of amides is 2. The average molecular weight is 354 g/mol. The molecule has 0 saturated carbocycles. The second-order valence-corrected chi connectivity index (χ2v) is 5.98. The van der Waals surface area contributed by atoms with Gasteiger partial charge in [0, 0.05) is 25.6 Å². The van der Waals surface area contributed by atoms with Gasteiger partial charge in [-0.2, -0.15) is 0 Å². The van der Waals surface area contributed by atoms with Crippen LogP contribution in [0.1, 0.15) is 34.8 Å². The summed E-state index contributed by atoms with van der Waals surface area (Å²) in [6, 6.07) is 14.0. The van der Waals surface area contributed by atoms with E-state index in [-0.39, 0.29) is 17.4 Å². The molecule has 0 aliphatic carbocycles. The number of benzene rings is 2. The molecule has 0 atom stereocenters. The third kappa shape index (κ3) is 6.39. The van der Waals surface area contributed by atoms with Crippen LogP contribution >= 0.6 is 0 Å². The molecule has 0 unspecified atom stereocenters. The first-order valence-corrected chi connectivity index (χ1v) is 8.39. The number of carbonyl (C=O) groups excluding carboxylic acids is 2. The van der Waals surface area contributed by atoms with Gasteiger partial charge in [0.05, 0.1) is 5.56 Å². The van der Waals surface area contributed by atoms with Crippen molar-refractivity contribution in [1.29, 1.82) is 0 Å². The van der Waals surface area contributed by atoms with Gasteiger partial charge in [-0.1, -0.05) is 24.3 Å². The van der Waals surface area contributed by atoms with E-state index in [2.05, 4.69) is 10.6 Å². The minimum absolute atomic E-state index is 0.0397. The Morgan fingerprint density at radius 3 is 2.04 bits per heavy atom. The highest BCUT2D eigenvalue weighted by atomic mass is 16.4. The molecule has 0 aromatic heterocycles. The van der Waals surface area contributed by atoms with E-state index in [1.807, 2.05) is 24.3 Å². The van der Waals surface area contributed by atoms with Crippen molar-refractivity contribution in [1.82, 2.24) is 5.32 Å². The Bertz CT molecular complexity index is 767. The van der Waals surface area contributed by atoms with Crippen molar-refractivity contribution in [3.8, 4) is 0 Å². The number of aryl methyl sites for hydroxylation is 1. The van der Waals surface area contributed by atoms with E-state index >= 15 is 0 Å². The van der Waals surface area contributed by atoms with Gasteiger partial charge in [0.2, 0.25) is 11.8 Å². The zero-order valence-corrected chi connectivity index (χ0v) is 14.6. The molecular formula is C20H22N2O4. The third-order valence-corrected chi connectivity index (χ3v) is 3.85. The van der Waals surface area contributed by atoms with Gasteiger partial charge in [0.1, 0.15) is 0 Å². The SMILES string of the molecule is CC(=O)Nc1ccc(CCNC(=O)CCc2ccc(C(=O)O)cc2)cc1. The number of carbonyl (C=O) groups is 3. The molecule has 3 N–H and O–H groups in total. The Balaban J connectivity index is 1.70. The number of carboxylic acids is 1. The minimum atomic E-state index is -0.959. The number of hydrogen-bond acceptors (Lipinski definition) is 3. The average Bonchev–Trinajstić information content (AvgIpc) is 2.61. The molecule has 0 radical (unpaired) electrons. The molecule has 2 rings (SSSR count). The smallest absolute Gasteiger partial charge is 0.335 e. The van der Waals surface area contributed by atoms with Gasteiger partial charge in [0.15, 0.2) is 0 Å². The first kappa shape index (κ1) is 19.2. The van der Waals surface area contributed by atoms with Crippen LogP contribution in [0.3, 0.4) is 0 Å². The number of anilines is 1. The van der Waals surface area contributed by atoms with Gasteiger partial charge < -0.3 is 15.7 Å². The summed E-state index contributed by atoms with van der Waals surface area (Å²) in [6.45, 7) is 2.00.